The fourth-order valence-corrected chi connectivity index (χ4v) is 4.51. The minimum absolute atomic E-state index is 0.101. The quantitative estimate of drug-likeness (QED) is 0.236. The van der Waals surface area contributed by atoms with Gasteiger partial charge in [-0.1, -0.05) is 40.5 Å². The fourth-order valence-electron chi connectivity index (χ4n) is 4.51. The summed E-state index contributed by atoms with van der Waals surface area (Å²) in [5, 5.41) is 62.8. The molecule has 0 aromatic rings. The number of hydrogen-bond donors (Lipinski definition) is 6. The molecule has 2 saturated heterocycles. The first-order valence-electron chi connectivity index (χ1n) is 12.4. The van der Waals surface area contributed by atoms with E-state index in [-0.39, 0.29) is 5.41 Å². The Bertz CT molecular complexity index is 609. The lowest BCUT2D eigenvalue weighted by Crippen LogP contribution is -2.64. The molecular formula is C24H46O10. The Morgan fingerprint density at radius 3 is 1.74 bits per heavy atom. The molecule has 10 nitrogen and oxygen atoms in total. The summed E-state index contributed by atoms with van der Waals surface area (Å²) >= 11 is 0. The SMILES string of the molecule is CCC(C)(CC)C[C@H]1C(CO)O[C@H](O[C@@H]2C(O)C(O)[C@@H](OC(C)(C)CC)O[C@H]2CO)[C@@H](O)C1O. The first kappa shape index (κ1) is 29.8. The average molecular weight is 495 g/mol. The van der Waals surface area contributed by atoms with Gasteiger partial charge < -0.3 is 49.6 Å². The smallest absolute Gasteiger partial charge is 0.187 e. The molecule has 0 saturated carbocycles. The molecule has 2 fully saturated rings. The van der Waals surface area contributed by atoms with Gasteiger partial charge in [0, 0.05) is 5.92 Å². The van der Waals surface area contributed by atoms with Gasteiger partial charge in [-0.2, -0.15) is 0 Å². The number of aliphatic hydroxyl groups is 6. The van der Waals surface area contributed by atoms with Crippen LogP contribution in [0.25, 0.3) is 0 Å². The summed E-state index contributed by atoms with van der Waals surface area (Å²) in [4.78, 5) is 0. The van der Waals surface area contributed by atoms with E-state index in [2.05, 4.69) is 20.8 Å². The summed E-state index contributed by atoms with van der Waals surface area (Å²) in [5.41, 5.74) is -0.739. The van der Waals surface area contributed by atoms with E-state index in [0.717, 1.165) is 12.8 Å². The average Bonchev–Trinajstić information content (AvgIpc) is 2.82. The van der Waals surface area contributed by atoms with Gasteiger partial charge in [-0.15, -0.1) is 0 Å². The van der Waals surface area contributed by atoms with Gasteiger partial charge in [0.1, 0.15) is 30.5 Å². The lowest BCUT2D eigenvalue weighted by Gasteiger charge is -2.48. The topological polar surface area (TPSA) is 158 Å². The van der Waals surface area contributed by atoms with Crippen LogP contribution < -0.4 is 0 Å². The molecule has 2 heterocycles. The minimum atomic E-state index is -1.52. The maximum Gasteiger partial charge on any atom is 0.187 e. The highest BCUT2D eigenvalue weighted by molar-refractivity contribution is 4.95. The van der Waals surface area contributed by atoms with Crippen LogP contribution in [0.4, 0.5) is 0 Å². The molecule has 10 heteroatoms. The van der Waals surface area contributed by atoms with Crippen molar-refractivity contribution in [2.45, 2.75) is 128 Å². The van der Waals surface area contributed by atoms with Crippen LogP contribution in [-0.2, 0) is 18.9 Å². The van der Waals surface area contributed by atoms with Crippen LogP contribution in [0.3, 0.4) is 0 Å². The molecule has 0 bridgehead atoms. The standard InChI is InChI=1S/C24H46O10/c1-7-23(4,5)34-22-19(30)17(28)20(15(12-26)32-22)33-21-18(29)16(27)13(14(11-25)31-21)10-24(6,8-2)9-3/h13-22,25-30H,7-12H2,1-6H3/t13-,14?,15-,16?,17?,18-,19?,20-,21+,22+/m0/s1. The van der Waals surface area contributed by atoms with Crippen molar-refractivity contribution in [3.8, 4) is 0 Å². The predicted octanol–water partition coefficient (Wildman–Crippen LogP) is 0.287. The van der Waals surface area contributed by atoms with Gasteiger partial charge in [-0.25, -0.2) is 0 Å². The lowest BCUT2D eigenvalue weighted by atomic mass is 9.72. The van der Waals surface area contributed by atoms with Gasteiger partial charge in [0.25, 0.3) is 0 Å². The highest BCUT2D eigenvalue weighted by Gasteiger charge is 2.52. The molecule has 0 aromatic heterocycles. The highest BCUT2D eigenvalue weighted by atomic mass is 16.7. The van der Waals surface area contributed by atoms with Crippen molar-refractivity contribution in [1.29, 1.82) is 0 Å². The molecule has 202 valence electrons. The number of hydrogen-bond acceptors (Lipinski definition) is 10. The monoisotopic (exact) mass is 494 g/mol. The third kappa shape index (κ3) is 6.67. The van der Waals surface area contributed by atoms with Gasteiger partial charge in [0.2, 0.25) is 0 Å². The van der Waals surface area contributed by atoms with Crippen molar-refractivity contribution in [3.05, 3.63) is 0 Å². The molecule has 6 N–H and O–H groups in total. The molecule has 2 aliphatic heterocycles. The number of rotatable bonds is 11. The molecule has 2 aliphatic rings. The molecule has 0 spiro atoms. The van der Waals surface area contributed by atoms with Crippen LogP contribution in [0, 0.1) is 11.3 Å². The second-order valence-corrected chi connectivity index (χ2v) is 10.6. The first-order chi connectivity index (χ1) is 15.9. The fraction of sp³-hybridized carbons (Fsp3) is 1.00. The summed E-state index contributed by atoms with van der Waals surface area (Å²) in [6.45, 7) is 10.8. The Morgan fingerprint density at radius 1 is 0.706 bits per heavy atom. The Morgan fingerprint density at radius 2 is 1.24 bits per heavy atom. The van der Waals surface area contributed by atoms with Gasteiger partial charge in [0.15, 0.2) is 12.6 Å². The van der Waals surface area contributed by atoms with E-state index in [4.69, 9.17) is 18.9 Å². The third-order valence-corrected chi connectivity index (χ3v) is 7.87. The van der Waals surface area contributed by atoms with E-state index in [1.54, 1.807) is 0 Å². The molecule has 0 amide bonds. The van der Waals surface area contributed by atoms with E-state index in [1.807, 2.05) is 20.8 Å². The maximum absolute atomic E-state index is 10.9. The zero-order valence-corrected chi connectivity index (χ0v) is 21.3. The summed E-state index contributed by atoms with van der Waals surface area (Å²) in [6, 6.07) is 0. The maximum atomic E-state index is 10.9. The van der Waals surface area contributed by atoms with Crippen molar-refractivity contribution in [3.63, 3.8) is 0 Å². The molecule has 0 aliphatic carbocycles. The van der Waals surface area contributed by atoms with Gasteiger partial charge in [-0.3, -0.25) is 0 Å². The molecule has 4 unspecified atom stereocenters. The summed E-state index contributed by atoms with van der Waals surface area (Å²) < 4.78 is 23.1. The molecule has 34 heavy (non-hydrogen) atoms. The highest BCUT2D eigenvalue weighted by Crippen LogP contribution is 2.40. The van der Waals surface area contributed by atoms with E-state index < -0.39 is 80.0 Å². The third-order valence-electron chi connectivity index (χ3n) is 7.87. The van der Waals surface area contributed by atoms with Crippen molar-refractivity contribution in [1.82, 2.24) is 0 Å². The molecule has 0 aromatic carbocycles. The van der Waals surface area contributed by atoms with Crippen molar-refractivity contribution >= 4 is 0 Å². The number of ether oxygens (including phenoxy) is 4. The Balaban J connectivity index is 2.16. The van der Waals surface area contributed by atoms with Gasteiger partial charge in [0.05, 0.1) is 31.0 Å². The van der Waals surface area contributed by atoms with Crippen LogP contribution in [-0.4, -0.2) is 105 Å². The molecular weight excluding hydrogens is 448 g/mol. The van der Waals surface area contributed by atoms with E-state index in [9.17, 15) is 30.6 Å². The Kier molecular flexibility index (Phi) is 10.7. The Hall–Kier alpha value is -0.400. The van der Waals surface area contributed by atoms with Crippen LogP contribution in [0.2, 0.25) is 0 Å². The van der Waals surface area contributed by atoms with Gasteiger partial charge in [-0.05, 0) is 32.1 Å². The van der Waals surface area contributed by atoms with E-state index >= 15 is 0 Å². The minimum Gasteiger partial charge on any atom is -0.394 e. The summed E-state index contributed by atoms with van der Waals surface area (Å²) in [6.07, 6.45) is -8.60. The molecule has 0 radical (unpaired) electrons. The first-order valence-corrected chi connectivity index (χ1v) is 12.4. The largest absolute Gasteiger partial charge is 0.394 e. The van der Waals surface area contributed by atoms with Gasteiger partial charge >= 0.3 is 0 Å². The van der Waals surface area contributed by atoms with Crippen molar-refractivity contribution in [2.24, 2.45) is 11.3 Å². The van der Waals surface area contributed by atoms with Crippen LogP contribution >= 0.6 is 0 Å². The molecule has 2 rings (SSSR count). The van der Waals surface area contributed by atoms with E-state index in [1.165, 1.54) is 0 Å². The second-order valence-electron chi connectivity index (χ2n) is 10.6. The van der Waals surface area contributed by atoms with Crippen LogP contribution in [0.1, 0.15) is 67.2 Å². The summed E-state index contributed by atoms with van der Waals surface area (Å²) in [7, 11) is 0. The Labute approximate surface area is 202 Å². The summed E-state index contributed by atoms with van der Waals surface area (Å²) in [5.74, 6) is -0.523. The zero-order chi connectivity index (χ0) is 25.8. The normalized spacial score (nSPS) is 39.9. The van der Waals surface area contributed by atoms with Crippen molar-refractivity contribution in [2.75, 3.05) is 13.2 Å². The van der Waals surface area contributed by atoms with Crippen LogP contribution in [0.15, 0.2) is 0 Å². The second kappa shape index (κ2) is 12.2. The van der Waals surface area contributed by atoms with Crippen molar-refractivity contribution < 1.29 is 49.6 Å². The predicted molar refractivity (Wildman–Crippen MR) is 123 cm³/mol. The van der Waals surface area contributed by atoms with Crippen LogP contribution in [0.5, 0.6) is 0 Å². The zero-order valence-electron chi connectivity index (χ0n) is 21.3. The molecule has 10 atom stereocenters. The lowest BCUT2D eigenvalue weighted by molar-refractivity contribution is -0.365. The number of aliphatic hydroxyl groups excluding tert-OH is 6. The van der Waals surface area contributed by atoms with E-state index in [0.29, 0.717) is 12.8 Å².